The number of rotatable bonds is 0. The molecule has 85 valence electrons. The van der Waals surface area contributed by atoms with Gasteiger partial charge in [-0.25, -0.2) is 0 Å². The Labute approximate surface area is 126 Å². The molecule has 1 N–H and O–H groups in total. The summed E-state index contributed by atoms with van der Waals surface area (Å²) in [5, 5.41) is 9.83. The zero-order valence-corrected chi connectivity index (χ0v) is 14.2. The molecule has 5 heteroatoms. The fourth-order valence-corrected chi connectivity index (χ4v) is 2.23. The van der Waals surface area contributed by atoms with E-state index >= 15 is 0 Å². The Morgan fingerprint density at radius 1 is 1.13 bits per heavy atom. The van der Waals surface area contributed by atoms with E-state index in [4.69, 9.17) is 14.2 Å². The normalized spacial score (nSPS) is 50.4. The van der Waals surface area contributed by atoms with Crippen molar-refractivity contribution >= 4 is 0 Å². The Morgan fingerprint density at radius 3 is 2.47 bits per heavy atom. The molecule has 0 aromatic heterocycles. The first-order valence-electron chi connectivity index (χ1n) is 5.20. The summed E-state index contributed by atoms with van der Waals surface area (Å²) in [6, 6.07) is 0. The van der Waals surface area contributed by atoms with Gasteiger partial charge in [0.05, 0.1) is 24.9 Å². The first-order valence-corrected chi connectivity index (χ1v) is 5.20. The van der Waals surface area contributed by atoms with Crippen LogP contribution < -0.4 is 0 Å². The minimum absolute atomic E-state index is 0. The van der Waals surface area contributed by atoms with Crippen molar-refractivity contribution in [2.75, 3.05) is 6.61 Å². The Hall–Kier alpha value is 1.28. The van der Waals surface area contributed by atoms with E-state index in [0.29, 0.717) is 6.61 Å². The molecule has 0 saturated carbocycles. The van der Waals surface area contributed by atoms with Crippen molar-refractivity contribution in [3.8, 4) is 0 Å². The molecule has 0 aliphatic carbocycles. The van der Waals surface area contributed by atoms with Crippen molar-refractivity contribution in [1.82, 2.24) is 0 Å². The van der Waals surface area contributed by atoms with Crippen LogP contribution in [0.25, 0.3) is 0 Å². The van der Waals surface area contributed by atoms with Crippen molar-refractivity contribution < 1.29 is 63.4 Å². The molecule has 2 heterocycles. The average molecular weight is 429 g/mol. The summed E-state index contributed by atoms with van der Waals surface area (Å²) >= 11 is 0. The monoisotopic (exact) mass is 429 g/mol. The summed E-state index contributed by atoms with van der Waals surface area (Å²) in [7, 11) is 0. The number of aliphatic hydroxyl groups is 1. The van der Waals surface area contributed by atoms with Gasteiger partial charge in [-0.1, -0.05) is 6.92 Å². The van der Waals surface area contributed by atoms with Crippen LogP contribution in [0, 0.1) is 50.0 Å². The van der Waals surface area contributed by atoms with E-state index in [9.17, 15) is 5.11 Å². The second kappa shape index (κ2) is 5.75. The van der Waals surface area contributed by atoms with E-state index < -0.39 is 6.10 Å². The maximum atomic E-state index is 9.83. The van der Waals surface area contributed by atoms with Crippen LogP contribution >= 0.6 is 0 Å². The van der Waals surface area contributed by atoms with Crippen LogP contribution in [0.4, 0.5) is 0 Å². The van der Waals surface area contributed by atoms with Gasteiger partial charge in [-0.15, -0.1) is 0 Å². The van der Waals surface area contributed by atoms with Crippen LogP contribution in [0.2, 0.25) is 0 Å². The number of hydrogen-bond acceptors (Lipinski definition) is 4. The van der Waals surface area contributed by atoms with Gasteiger partial charge >= 0.3 is 0 Å². The molecule has 2 aliphatic rings. The van der Waals surface area contributed by atoms with Gasteiger partial charge in [0.25, 0.3) is 0 Å². The van der Waals surface area contributed by atoms with Crippen molar-refractivity contribution in [3.63, 3.8) is 0 Å². The zero-order valence-electron chi connectivity index (χ0n) is 9.42. The van der Waals surface area contributed by atoms with Gasteiger partial charge in [-0.3, -0.25) is 0 Å². The Kier molecular flexibility index (Phi) is 5.50. The van der Waals surface area contributed by atoms with Gasteiger partial charge in [0.2, 0.25) is 0 Å². The molecule has 6 atom stereocenters. The van der Waals surface area contributed by atoms with Crippen LogP contribution in [0.5, 0.6) is 0 Å². The molecular formula is C10H18AcO4. The SMILES string of the molecule is CC1OCC2OC(C)C(O)C(C)C2O1.[Ac]. The predicted molar refractivity (Wildman–Crippen MR) is 49.8 cm³/mol. The molecule has 2 saturated heterocycles. The summed E-state index contributed by atoms with van der Waals surface area (Å²) < 4.78 is 16.6. The third-order valence-corrected chi connectivity index (χ3v) is 3.14. The zero-order chi connectivity index (χ0) is 10.3. The molecule has 0 aromatic rings. The van der Waals surface area contributed by atoms with Crippen LogP contribution in [-0.4, -0.2) is 42.4 Å². The summed E-state index contributed by atoms with van der Waals surface area (Å²) in [5.41, 5.74) is 0. The van der Waals surface area contributed by atoms with E-state index in [2.05, 4.69) is 0 Å². The molecule has 15 heavy (non-hydrogen) atoms. The van der Waals surface area contributed by atoms with Gasteiger partial charge in [-0.2, -0.15) is 0 Å². The fraction of sp³-hybridized carbons (Fsp3) is 1.00. The van der Waals surface area contributed by atoms with Gasteiger partial charge in [0.15, 0.2) is 6.29 Å². The molecule has 0 spiro atoms. The molecule has 0 bridgehead atoms. The van der Waals surface area contributed by atoms with E-state index in [1.54, 1.807) is 0 Å². The number of ether oxygens (including phenoxy) is 3. The van der Waals surface area contributed by atoms with Gasteiger partial charge in [-0.05, 0) is 13.8 Å². The Morgan fingerprint density at radius 2 is 1.80 bits per heavy atom. The van der Waals surface area contributed by atoms with Crippen molar-refractivity contribution in [3.05, 3.63) is 0 Å². The Bertz CT molecular complexity index is 212. The third-order valence-electron chi connectivity index (χ3n) is 3.14. The van der Waals surface area contributed by atoms with Crippen LogP contribution in [0.1, 0.15) is 20.8 Å². The third kappa shape index (κ3) is 2.94. The van der Waals surface area contributed by atoms with Crippen molar-refractivity contribution in [2.45, 2.75) is 51.5 Å². The second-order valence-electron chi connectivity index (χ2n) is 4.23. The minimum atomic E-state index is -0.443. The Balaban J connectivity index is 0.00000112. The molecule has 1 radical (unpaired) electrons. The molecule has 6 unspecified atom stereocenters. The number of fused-ring (bicyclic) bond motifs is 1. The summed E-state index contributed by atoms with van der Waals surface area (Å²) in [4.78, 5) is 0. The predicted octanol–water partition coefficient (Wildman–Crippen LogP) is 0.532. The molecule has 0 amide bonds. The molecule has 4 nitrogen and oxygen atoms in total. The van der Waals surface area contributed by atoms with E-state index in [-0.39, 0.29) is 74.6 Å². The molecular weight excluding hydrogens is 411 g/mol. The first kappa shape index (κ1) is 14.3. The van der Waals surface area contributed by atoms with E-state index in [1.807, 2.05) is 20.8 Å². The maximum Gasteiger partial charge on any atom is 0.155 e. The topological polar surface area (TPSA) is 47.9 Å². The fourth-order valence-electron chi connectivity index (χ4n) is 2.23. The second-order valence-corrected chi connectivity index (χ2v) is 4.23. The minimum Gasteiger partial charge on any atom is -0.390 e. The largest absolute Gasteiger partial charge is 0.390 e. The average Bonchev–Trinajstić information content (AvgIpc) is 2.16. The standard InChI is InChI=1S/C10H18O4.Ac/c1-5-9(11)6(2)13-8-4-12-7(3)14-10(5)8;/h5-11H,4H2,1-3H3;. The number of aliphatic hydroxyl groups excluding tert-OH is 1. The van der Waals surface area contributed by atoms with Gasteiger partial charge < -0.3 is 19.3 Å². The van der Waals surface area contributed by atoms with Crippen LogP contribution in [-0.2, 0) is 14.2 Å². The summed E-state index contributed by atoms with van der Waals surface area (Å²) in [5.74, 6) is 0.107. The van der Waals surface area contributed by atoms with E-state index in [0.717, 1.165) is 0 Å². The summed E-state index contributed by atoms with van der Waals surface area (Å²) in [6.45, 7) is 6.31. The molecule has 2 rings (SSSR count). The van der Waals surface area contributed by atoms with Crippen molar-refractivity contribution in [2.24, 2.45) is 5.92 Å². The maximum absolute atomic E-state index is 9.83. The smallest absolute Gasteiger partial charge is 0.155 e. The molecule has 2 aliphatic heterocycles. The number of hydrogen-bond donors (Lipinski definition) is 1. The quantitative estimate of drug-likeness (QED) is 0.611. The van der Waals surface area contributed by atoms with E-state index in [1.165, 1.54) is 0 Å². The molecule has 0 aromatic carbocycles. The van der Waals surface area contributed by atoms with Gasteiger partial charge in [0.1, 0.15) is 6.10 Å². The van der Waals surface area contributed by atoms with Crippen LogP contribution in [0.15, 0.2) is 0 Å². The first-order chi connectivity index (χ1) is 6.59. The van der Waals surface area contributed by atoms with Crippen molar-refractivity contribution in [1.29, 1.82) is 0 Å². The van der Waals surface area contributed by atoms with Crippen LogP contribution in [0.3, 0.4) is 0 Å². The van der Waals surface area contributed by atoms with Gasteiger partial charge in [0, 0.05) is 50.0 Å². The summed E-state index contributed by atoms with van der Waals surface area (Å²) in [6.07, 6.45) is -0.833. The molecule has 2 fully saturated rings.